The van der Waals surface area contributed by atoms with Gasteiger partial charge in [-0.1, -0.05) is 23.7 Å². The first-order valence-corrected chi connectivity index (χ1v) is 7.59. The fraction of sp³-hybridized carbons (Fsp3) is 0.278. The van der Waals surface area contributed by atoms with Gasteiger partial charge in [0.25, 0.3) is 0 Å². The van der Waals surface area contributed by atoms with Crippen LogP contribution in [0.2, 0.25) is 5.02 Å². The molecule has 0 aromatic heterocycles. The Labute approximate surface area is 148 Å². The first-order chi connectivity index (χ1) is 10.4. The molecule has 2 aromatic rings. The molecule has 2 N–H and O–H groups in total. The van der Waals surface area contributed by atoms with Gasteiger partial charge in [-0.05, 0) is 62.2 Å². The van der Waals surface area contributed by atoms with Crippen LogP contribution in [0, 0.1) is 6.92 Å². The summed E-state index contributed by atoms with van der Waals surface area (Å²) in [5.74, 6) is 0.592. The molecule has 0 saturated carbocycles. The molecule has 0 aliphatic heterocycles. The molecule has 23 heavy (non-hydrogen) atoms. The molecule has 0 saturated heterocycles. The molecule has 0 spiro atoms. The maximum atomic E-state index is 12.5. The number of carbonyl (C=O) groups excluding carboxylic acids is 1. The van der Waals surface area contributed by atoms with E-state index in [0.717, 1.165) is 11.3 Å². The Hall–Kier alpha value is -1.55. The number of hydrogen-bond acceptors (Lipinski definition) is 3. The summed E-state index contributed by atoms with van der Waals surface area (Å²) >= 11 is 6.09. The van der Waals surface area contributed by atoms with E-state index in [1.165, 1.54) is 0 Å². The lowest BCUT2D eigenvalue weighted by molar-refractivity contribution is 0.0961. The number of rotatable bonds is 5. The summed E-state index contributed by atoms with van der Waals surface area (Å²) in [6.07, 6.45) is 0.0958. The van der Waals surface area contributed by atoms with Gasteiger partial charge in [-0.15, -0.1) is 12.4 Å². The number of halogens is 2. The molecule has 1 atom stereocenters. The van der Waals surface area contributed by atoms with Gasteiger partial charge in [0.1, 0.15) is 5.75 Å². The van der Waals surface area contributed by atoms with Crippen molar-refractivity contribution in [2.45, 2.75) is 32.9 Å². The van der Waals surface area contributed by atoms with E-state index in [-0.39, 0.29) is 24.3 Å². The fourth-order valence-electron chi connectivity index (χ4n) is 2.10. The summed E-state index contributed by atoms with van der Waals surface area (Å²) in [5.41, 5.74) is 8.29. The van der Waals surface area contributed by atoms with E-state index in [1.54, 1.807) is 30.3 Å². The third-order valence-corrected chi connectivity index (χ3v) is 3.76. The predicted molar refractivity (Wildman–Crippen MR) is 96.9 cm³/mol. The monoisotopic (exact) mass is 353 g/mol. The second-order valence-corrected chi connectivity index (χ2v) is 5.95. The summed E-state index contributed by atoms with van der Waals surface area (Å²) in [6, 6.07) is 11.7. The average Bonchev–Trinajstić information content (AvgIpc) is 2.49. The molecule has 0 heterocycles. The van der Waals surface area contributed by atoms with Crippen LogP contribution in [-0.4, -0.2) is 11.9 Å². The molecule has 3 nitrogen and oxygen atoms in total. The van der Waals surface area contributed by atoms with E-state index in [9.17, 15) is 4.79 Å². The van der Waals surface area contributed by atoms with Gasteiger partial charge in [0, 0.05) is 10.6 Å². The first-order valence-electron chi connectivity index (χ1n) is 7.21. The van der Waals surface area contributed by atoms with Gasteiger partial charge in [0.15, 0.2) is 5.78 Å². The van der Waals surface area contributed by atoms with Crippen LogP contribution in [0.4, 0.5) is 0 Å². The smallest absolute Gasteiger partial charge is 0.184 e. The molecule has 5 heteroatoms. The number of carbonyl (C=O) groups is 1. The highest BCUT2D eigenvalue weighted by Gasteiger charge is 2.18. The van der Waals surface area contributed by atoms with Crippen molar-refractivity contribution in [3.63, 3.8) is 0 Å². The lowest BCUT2D eigenvalue weighted by Crippen LogP contribution is -2.21. The Bertz CT molecular complexity index is 669. The zero-order chi connectivity index (χ0) is 16.3. The van der Waals surface area contributed by atoms with Crippen LogP contribution < -0.4 is 10.5 Å². The summed E-state index contributed by atoms with van der Waals surface area (Å²) in [7, 11) is 0. The number of benzene rings is 2. The maximum absolute atomic E-state index is 12.5. The highest BCUT2D eigenvalue weighted by atomic mass is 35.5. The Morgan fingerprint density at radius 1 is 1.13 bits per heavy atom. The maximum Gasteiger partial charge on any atom is 0.184 e. The number of Topliss-reactive ketones (excluding diaryl/α,β-unsaturated/α-hetero) is 1. The Morgan fingerprint density at radius 2 is 1.74 bits per heavy atom. The minimum Gasteiger partial charge on any atom is -0.491 e. The van der Waals surface area contributed by atoms with Crippen LogP contribution in [-0.2, 0) is 0 Å². The van der Waals surface area contributed by atoms with Crippen LogP contribution in [0.25, 0.3) is 0 Å². The zero-order valence-electron chi connectivity index (χ0n) is 13.4. The van der Waals surface area contributed by atoms with Gasteiger partial charge in [0.05, 0.1) is 12.1 Å². The highest BCUT2D eigenvalue weighted by Crippen LogP contribution is 2.23. The Kier molecular flexibility index (Phi) is 7.07. The van der Waals surface area contributed by atoms with Crippen molar-refractivity contribution >= 4 is 29.8 Å². The number of ether oxygens (including phenoxy) is 1. The molecule has 1 unspecified atom stereocenters. The molecule has 0 bridgehead atoms. The summed E-state index contributed by atoms with van der Waals surface area (Å²) < 4.78 is 5.56. The van der Waals surface area contributed by atoms with E-state index in [2.05, 4.69) is 0 Å². The van der Waals surface area contributed by atoms with Gasteiger partial charge in [-0.25, -0.2) is 0 Å². The van der Waals surface area contributed by atoms with Gasteiger partial charge in [0.2, 0.25) is 0 Å². The molecule has 124 valence electrons. The molecule has 0 aliphatic carbocycles. The van der Waals surface area contributed by atoms with E-state index >= 15 is 0 Å². The predicted octanol–water partition coefficient (Wildman–Crippen LogP) is 4.74. The SMILES string of the molecule is Cc1ccc(C(N)C(=O)c2ccc(OC(C)C)cc2)cc1Cl.Cl. The minimum absolute atomic E-state index is 0. The standard InChI is InChI=1S/C18H20ClNO2.ClH/c1-11(2)22-15-8-6-13(7-9-15)18(21)17(20)14-5-4-12(3)16(19)10-14;/h4-11,17H,20H2,1-3H3;1H. The lowest BCUT2D eigenvalue weighted by atomic mass is 9.97. The Morgan fingerprint density at radius 3 is 2.26 bits per heavy atom. The molecule has 0 radical (unpaired) electrons. The topological polar surface area (TPSA) is 52.3 Å². The molecule has 0 aliphatic rings. The first kappa shape index (κ1) is 19.5. The van der Waals surface area contributed by atoms with Crippen LogP contribution in [0.5, 0.6) is 5.75 Å². The van der Waals surface area contributed by atoms with Crippen molar-refractivity contribution in [2.24, 2.45) is 5.73 Å². The summed E-state index contributed by atoms with van der Waals surface area (Å²) in [5, 5.41) is 0.612. The molecule has 0 fully saturated rings. The third kappa shape index (κ3) is 4.96. The van der Waals surface area contributed by atoms with Crippen molar-refractivity contribution < 1.29 is 9.53 Å². The molecule has 2 aromatic carbocycles. The van der Waals surface area contributed by atoms with Crippen LogP contribution in [0.15, 0.2) is 42.5 Å². The minimum atomic E-state index is -0.727. The molecule has 0 amide bonds. The highest BCUT2D eigenvalue weighted by molar-refractivity contribution is 6.31. The van der Waals surface area contributed by atoms with Crippen LogP contribution >= 0.6 is 24.0 Å². The summed E-state index contributed by atoms with van der Waals surface area (Å²) in [6.45, 7) is 5.82. The van der Waals surface area contributed by atoms with Gasteiger partial charge < -0.3 is 10.5 Å². The lowest BCUT2D eigenvalue weighted by Gasteiger charge is -2.13. The van der Waals surface area contributed by atoms with Crippen molar-refractivity contribution in [2.75, 3.05) is 0 Å². The van der Waals surface area contributed by atoms with Crippen LogP contribution in [0.3, 0.4) is 0 Å². The zero-order valence-corrected chi connectivity index (χ0v) is 14.9. The van der Waals surface area contributed by atoms with Gasteiger partial charge in [-0.2, -0.15) is 0 Å². The van der Waals surface area contributed by atoms with Crippen molar-refractivity contribution in [1.82, 2.24) is 0 Å². The van der Waals surface area contributed by atoms with E-state index in [0.29, 0.717) is 16.1 Å². The van der Waals surface area contributed by atoms with Gasteiger partial charge >= 0.3 is 0 Å². The normalized spacial score (nSPS) is 11.7. The van der Waals surface area contributed by atoms with E-state index in [4.69, 9.17) is 22.1 Å². The number of aryl methyl sites for hydroxylation is 1. The van der Waals surface area contributed by atoms with Crippen LogP contribution in [0.1, 0.15) is 41.4 Å². The van der Waals surface area contributed by atoms with E-state index < -0.39 is 6.04 Å². The molecule has 2 rings (SSSR count). The fourth-order valence-corrected chi connectivity index (χ4v) is 2.29. The van der Waals surface area contributed by atoms with Crippen molar-refractivity contribution in [1.29, 1.82) is 0 Å². The quantitative estimate of drug-likeness (QED) is 0.789. The molecular formula is C18H21Cl2NO2. The van der Waals surface area contributed by atoms with Gasteiger partial charge in [-0.3, -0.25) is 4.79 Å². The van der Waals surface area contributed by atoms with Crippen molar-refractivity contribution in [3.8, 4) is 5.75 Å². The van der Waals surface area contributed by atoms with Crippen molar-refractivity contribution in [3.05, 3.63) is 64.2 Å². The second-order valence-electron chi connectivity index (χ2n) is 5.54. The summed E-state index contributed by atoms with van der Waals surface area (Å²) in [4.78, 5) is 12.5. The Balaban J connectivity index is 0.00000264. The number of hydrogen-bond donors (Lipinski definition) is 1. The number of nitrogens with two attached hydrogens (primary N) is 1. The van der Waals surface area contributed by atoms with E-state index in [1.807, 2.05) is 32.9 Å². The molecular weight excluding hydrogens is 333 g/mol. The third-order valence-electron chi connectivity index (χ3n) is 3.35. The largest absolute Gasteiger partial charge is 0.491 e. The number of ketones is 1. The second kappa shape index (κ2) is 8.34. The average molecular weight is 354 g/mol.